The molecule has 0 unspecified atom stereocenters. The third kappa shape index (κ3) is 3.69. The summed E-state index contributed by atoms with van der Waals surface area (Å²) < 4.78 is 0. The molecule has 0 saturated heterocycles. The maximum Gasteiger partial charge on any atom is 0.182 e. The van der Waals surface area contributed by atoms with Crippen LogP contribution in [0.5, 0.6) is 0 Å². The summed E-state index contributed by atoms with van der Waals surface area (Å²) in [5.74, 6) is 0.842. The smallest absolute Gasteiger partial charge is 0.182 e. The van der Waals surface area contributed by atoms with E-state index in [4.69, 9.17) is 0 Å². The fourth-order valence-electron chi connectivity index (χ4n) is 2.59. The molecule has 0 fully saturated rings. The van der Waals surface area contributed by atoms with Crippen molar-refractivity contribution in [2.45, 2.75) is 13.3 Å². The Labute approximate surface area is 142 Å². The predicted octanol–water partition coefficient (Wildman–Crippen LogP) is 4.67. The Bertz CT molecular complexity index is 744. The quantitative estimate of drug-likeness (QED) is 0.620. The van der Waals surface area contributed by atoms with Crippen LogP contribution >= 0.6 is 0 Å². The molecule has 3 rings (SSSR count). The van der Waals surface area contributed by atoms with E-state index in [0.717, 1.165) is 23.5 Å². The minimum Gasteiger partial charge on any atom is -0.319 e. The number of benzene rings is 2. The number of anilines is 2. The number of carbonyl (C=O) groups is 1. The summed E-state index contributed by atoms with van der Waals surface area (Å²) in [6.45, 7) is 2.36. The van der Waals surface area contributed by atoms with Crippen LogP contribution in [0.2, 0.25) is 0 Å². The van der Waals surface area contributed by atoms with Gasteiger partial charge in [0.15, 0.2) is 5.78 Å². The number of aryl methyl sites for hydroxylation is 1. The van der Waals surface area contributed by atoms with E-state index in [0.29, 0.717) is 0 Å². The highest BCUT2D eigenvalue weighted by Crippen LogP contribution is 2.23. The Balaban J connectivity index is 1.87. The van der Waals surface area contributed by atoms with Crippen molar-refractivity contribution in [3.63, 3.8) is 0 Å². The maximum absolute atomic E-state index is 12.7. The average molecular weight is 316 g/mol. The van der Waals surface area contributed by atoms with Crippen LogP contribution in [-0.4, -0.2) is 17.3 Å². The highest BCUT2D eigenvalue weighted by molar-refractivity contribution is 6.00. The molecule has 3 heteroatoms. The molecule has 120 valence electrons. The molecule has 0 aliphatic heterocycles. The zero-order valence-electron chi connectivity index (χ0n) is 13.7. The summed E-state index contributed by atoms with van der Waals surface area (Å²) in [7, 11) is 0. The summed E-state index contributed by atoms with van der Waals surface area (Å²) in [4.78, 5) is 19.1. The number of ketones is 1. The Kier molecular flexibility index (Phi) is 5.02. The Morgan fingerprint density at radius 3 is 2.25 bits per heavy atom. The summed E-state index contributed by atoms with van der Waals surface area (Å²) in [6, 6.07) is 23.4. The van der Waals surface area contributed by atoms with Crippen molar-refractivity contribution in [3.8, 4) is 0 Å². The van der Waals surface area contributed by atoms with Crippen LogP contribution in [0, 0.1) is 0 Å². The Morgan fingerprint density at radius 1 is 0.917 bits per heavy atom. The SMILES string of the molecule is CCc1ccc(C(=O)CN(c2ccccc2)c2ccccn2)cc1. The predicted molar refractivity (Wildman–Crippen MR) is 97.8 cm³/mol. The highest BCUT2D eigenvalue weighted by atomic mass is 16.1. The van der Waals surface area contributed by atoms with Crippen LogP contribution in [0.25, 0.3) is 0 Å². The molecule has 0 spiro atoms. The van der Waals surface area contributed by atoms with E-state index in [1.54, 1.807) is 6.20 Å². The van der Waals surface area contributed by atoms with Gasteiger partial charge in [0.05, 0.1) is 6.54 Å². The number of para-hydroxylation sites is 1. The molecule has 3 nitrogen and oxygen atoms in total. The molecule has 0 saturated carbocycles. The van der Waals surface area contributed by atoms with E-state index in [-0.39, 0.29) is 12.3 Å². The molecule has 24 heavy (non-hydrogen) atoms. The molecule has 1 heterocycles. The second kappa shape index (κ2) is 7.55. The van der Waals surface area contributed by atoms with Gasteiger partial charge in [-0.3, -0.25) is 4.79 Å². The number of nitrogens with zero attached hydrogens (tertiary/aromatic N) is 2. The minimum atomic E-state index is 0.0761. The third-order valence-corrected chi connectivity index (χ3v) is 3.98. The first-order valence-corrected chi connectivity index (χ1v) is 8.13. The van der Waals surface area contributed by atoms with Crippen molar-refractivity contribution >= 4 is 17.3 Å². The number of hydrogen-bond acceptors (Lipinski definition) is 3. The van der Waals surface area contributed by atoms with E-state index < -0.39 is 0 Å². The lowest BCUT2D eigenvalue weighted by Gasteiger charge is -2.23. The standard InChI is InChI=1S/C21H20N2O/c1-2-17-11-13-18(14-12-17)20(24)16-23(19-8-4-3-5-9-19)21-10-6-7-15-22-21/h3-15H,2,16H2,1H3. The minimum absolute atomic E-state index is 0.0761. The van der Waals surface area contributed by atoms with Crippen molar-refractivity contribution in [1.29, 1.82) is 0 Å². The van der Waals surface area contributed by atoms with Crippen LogP contribution in [-0.2, 0) is 6.42 Å². The molecule has 0 aliphatic rings. The second-order valence-corrected chi connectivity index (χ2v) is 5.58. The van der Waals surface area contributed by atoms with E-state index in [2.05, 4.69) is 11.9 Å². The molecule has 0 N–H and O–H groups in total. The lowest BCUT2D eigenvalue weighted by Crippen LogP contribution is -2.26. The number of aromatic nitrogens is 1. The number of hydrogen-bond donors (Lipinski definition) is 0. The summed E-state index contributed by atoms with van der Waals surface area (Å²) >= 11 is 0. The van der Waals surface area contributed by atoms with Crippen LogP contribution in [0.4, 0.5) is 11.5 Å². The maximum atomic E-state index is 12.7. The van der Waals surface area contributed by atoms with Crippen LogP contribution in [0.3, 0.4) is 0 Å². The topological polar surface area (TPSA) is 33.2 Å². The lowest BCUT2D eigenvalue weighted by atomic mass is 10.1. The summed E-state index contributed by atoms with van der Waals surface area (Å²) in [5.41, 5.74) is 2.91. The summed E-state index contributed by atoms with van der Waals surface area (Å²) in [6.07, 6.45) is 2.71. The van der Waals surface area contributed by atoms with E-state index in [1.165, 1.54) is 5.56 Å². The third-order valence-electron chi connectivity index (χ3n) is 3.98. The molecule has 2 aromatic carbocycles. The van der Waals surface area contributed by atoms with Gasteiger partial charge in [0.1, 0.15) is 5.82 Å². The number of pyridine rings is 1. The Morgan fingerprint density at radius 2 is 1.62 bits per heavy atom. The fourth-order valence-corrected chi connectivity index (χ4v) is 2.59. The van der Waals surface area contributed by atoms with Gasteiger partial charge in [-0.2, -0.15) is 0 Å². The van der Waals surface area contributed by atoms with Crippen molar-refractivity contribution in [1.82, 2.24) is 4.98 Å². The van der Waals surface area contributed by atoms with Gasteiger partial charge in [0.25, 0.3) is 0 Å². The van der Waals surface area contributed by atoms with Gasteiger partial charge < -0.3 is 4.90 Å². The molecule has 0 radical (unpaired) electrons. The molecule has 3 aromatic rings. The highest BCUT2D eigenvalue weighted by Gasteiger charge is 2.16. The zero-order chi connectivity index (χ0) is 16.8. The number of Topliss-reactive ketones (excluding diaryl/α,β-unsaturated/α-hetero) is 1. The second-order valence-electron chi connectivity index (χ2n) is 5.58. The van der Waals surface area contributed by atoms with Crippen LogP contribution < -0.4 is 4.90 Å². The van der Waals surface area contributed by atoms with E-state index >= 15 is 0 Å². The summed E-state index contributed by atoms with van der Waals surface area (Å²) in [5, 5.41) is 0. The van der Waals surface area contributed by atoms with Crippen molar-refractivity contribution in [2.75, 3.05) is 11.4 Å². The molecule has 0 aliphatic carbocycles. The van der Waals surface area contributed by atoms with Crippen LogP contribution in [0.15, 0.2) is 79.0 Å². The molecule has 0 atom stereocenters. The zero-order valence-corrected chi connectivity index (χ0v) is 13.7. The average Bonchev–Trinajstić information content (AvgIpc) is 2.67. The largest absolute Gasteiger partial charge is 0.319 e. The normalized spacial score (nSPS) is 10.4. The molecular weight excluding hydrogens is 296 g/mol. The van der Waals surface area contributed by atoms with Crippen molar-refractivity contribution in [3.05, 3.63) is 90.1 Å². The van der Waals surface area contributed by atoms with E-state index in [1.807, 2.05) is 77.7 Å². The number of carbonyl (C=O) groups excluding carboxylic acids is 1. The van der Waals surface area contributed by atoms with Gasteiger partial charge in [-0.25, -0.2) is 4.98 Å². The van der Waals surface area contributed by atoms with Gasteiger partial charge in [0.2, 0.25) is 0 Å². The molecule has 1 aromatic heterocycles. The monoisotopic (exact) mass is 316 g/mol. The first kappa shape index (κ1) is 15.9. The van der Waals surface area contributed by atoms with Gasteiger partial charge in [-0.05, 0) is 36.2 Å². The number of rotatable bonds is 6. The van der Waals surface area contributed by atoms with Gasteiger partial charge in [-0.1, -0.05) is 55.5 Å². The molecule has 0 bridgehead atoms. The van der Waals surface area contributed by atoms with Crippen molar-refractivity contribution < 1.29 is 4.79 Å². The van der Waals surface area contributed by atoms with E-state index in [9.17, 15) is 4.79 Å². The lowest BCUT2D eigenvalue weighted by molar-refractivity contribution is 0.100. The first-order chi connectivity index (χ1) is 11.8. The van der Waals surface area contributed by atoms with Gasteiger partial charge in [0, 0.05) is 17.4 Å². The molecular formula is C21H20N2O. The van der Waals surface area contributed by atoms with Crippen LogP contribution in [0.1, 0.15) is 22.8 Å². The fraction of sp³-hybridized carbons (Fsp3) is 0.143. The van der Waals surface area contributed by atoms with Crippen molar-refractivity contribution in [2.24, 2.45) is 0 Å². The van der Waals surface area contributed by atoms with Gasteiger partial charge in [-0.15, -0.1) is 0 Å². The first-order valence-electron chi connectivity index (χ1n) is 8.13. The Hall–Kier alpha value is -2.94. The molecule has 0 amide bonds. The van der Waals surface area contributed by atoms with Gasteiger partial charge >= 0.3 is 0 Å².